The number of rotatable bonds is 4. The zero-order valence-corrected chi connectivity index (χ0v) is 14.0. The number of hydrogen-bond acceptors (Lipinski definition) is 3. The van der Waals surface area contributed by atoms with Crippen molar-refractivity contribution in [1.29, 1.82) is 0 Å². The normalized spacial score (nSPS) is 22.5. The molecule has 1 aromatic carbocycles. The number of amides is 1. The molecule has 0 aliphatic carbocycles. The number of β-amino-alcohol motifs (C(OH)–C–C–N with tert-alkyl or cyclic N) is 1. The van der Waals surface area contributed by atoms with Crippen LogP contribution in [0.1, 0.15) is 32.8 Å². The SMILES string of the molecule is COc1ccccc1CC(C)(C)C(=O)N1CCC(C)C(O)C1. The lowest BCUT2D eigenvalue weighted by molar-refractivity contribution is -0.144. The van der Waals surface area contributed by atoms with E-state index < -0.39 is 11.5 Å². The van der Waals surface area contributed by atoms with Gasteiger partial charge in [0.15, 0.2) is 0 Å². The Kier molecular flexibility index (Phi) is 5.12. The highest BCUT2D eigenvalue weighted by Gasteiger charge is 2.36. The number of aliphatic hydroxyl groups is 1. The Morgan fingerprint density at radius 3 is 2.73 bits per heavy atom. The summed E-state index contributed by atoms with van der Waals surface area (Å²) < 4.78 is 5.38. The highest BCUT2D eigenvalue weighted by molar-refractivity contribution is 5.82. The number of ether oxygens (including phenoxy) is 1. The van der Waals surface area contributed by atoms with E-state index in [1.54, 1.807) is 12.0 Å². The molecular weight excluding hydrogens is 278 g/mol. The monoisotopic (exact) mass is 305 g/mol. The Balaban J connectivity index is 2.10. The Morgan fingerprint density at radius 1 is 1.41 bits per heavy atom. The van der Waals surface area contributed by atoms with Gasteiger partial charge in [-0.2, -0.15) is 0 Å². The molecular formula is C18H27NO3. The first-order valence-corrected chi connectivity index (χ1v) is 7.94. The van der Waals surface area contributed by atoms with E-state index in [0.717, 1.165) is 24.3 Å². The van der Waals surface area contributed by atoms with Gasteiger partial charge < -0.3 is 14.7 Å². The zero-order chi connectivity index (χ0) is 16.3. The molecule has 1 aliphatic heterocycles. The van der Waals surface area contributed by atoms with Crippen LogP contribution in [0.5, 0.6) is 5.75 Å². The molecule has 0 bridgehead atoms. The number of methoxy groups -OCH3 is 1. The Hall–Kier alpha value is -1.55. The lowest BCUT2D eigenvalue weighted by Crippen LogP contribution is -2.50. The topological polar surface area (TPSA) is 49.8 Å². The first-order valence-electron chi connectivity index (χ1n) is 7.94. The average molecular weight is 305 g/mol. The molecule has 1 fully saturated rings. The Morgan fingerprint density at radius 2 is 2.09 bits per heavy atom. The molecule has 4 heteroatoms. The number of aliphatic hydroxyl groups excluding tert-OH is 1. The van der Waals surface area contributed by atoms with Gasteiger partial charge in [-0.05, 0) is 30.4 Å². The molecule has 22 heavy (non-hydrogen) atoms. The number of para-hydroxylation sites is 1. The molecule has 2 unspecified atom stereocenters. The molecule has 1 saturated heterocycles. The molecule has 1 heterocycles. The van der Waals surface area contributed by atoms with Crippen molar-refractivity contribution in [1.82, 2.24) is 4.90 Å². The van der Waals surface area contributed by atoms with Gasteiger partial charge in [-0.15, -0.1) is 0 Å². The van der Waals surface area contributed by atoms with Crippen LogP contribution in [0.3, 0.4) is 0 Å². The minimum absolute atomic E-state index is 0.101. The van der Waals surface area contributed by atoms with E-state index in [1.165, 1.54) is 0 Å². The van der Waals surface area contributed by atoms with E-state index in [1.807, 2.05) is 45.0 Å². The molecule has 0 aromatic heterocycles. The minimum atomic E-state index is -0.519. The second-order valence-corrected chi connectivity index (χ2v) is 6.96. The first-order chi connectivity index (χ1) is 10.3. The predicted molar refractivity (Wildman–Crippen MR) is 86.8 cm³/mol. The lowest BCUT2D eigenvalue weighted by atomic mass is 9.83. The summed E-state index contributed by atoms with van der Waals surface area (Å²) in [5.74, 6) is 1.18. The van der Waals surface area contributed by atoms with Gasteiger partial charge in [0, 0.05) is 18.5 Å². The number of hydrogen-bond donors (Lipinski definition) is 1. The summed E-state index contributed by atoms with van der Waals surface area (Å²) in [4.78, 5) is 14.7. The average Bonchev–Trinajstić information content (AvgIpc) is 2.49. The molecule has 0 saturated carbocycles. The summed E-state index contributed by atoms with van der Waals surface area (Å²) in [5.41, 5.74) is 0.517. The molecule has 1 amide bonds. The third-order valence-corrected chi connectivity index (χ3v) is 4.61. The fourth-order valence-electron chi connectivity index (χ4n) is 3.06. The van der Waals surface area contributed by atoms with E-state index in [2.05, 4.69) is 0 Å². The van der Waals surface area contributed by atoms with Crippen molar-refractivity contribution >= 4 is 5.91 Å². The zero-order valence-electron chi connectivity index (χ0n) is 14.0. The molecule has 2 atom stereocenters. The van der Waals surface area contributed by atoms with Gasteiger partial charge in [0.2, 0.25) is 5.91 Å². The van der Waals surface area contributed by atoms with E-state index in [4.69, 9.17) is 4.74 Å². The van der Waals surface area contributed by atoms with Crippen molar-refractivity contribution in [3.8, 4) is 5.75 Å². The van der Waals surface area contributed by atoms with Crippen molar-refractivity contribution in [2.75, 3.05) is 20.2 Å². The van der Waals surface area contributed by atoms with Crippen LogP contribution in [-0.4, -0.2) is 42.2 Å². The molecule has 4 nitrogen and oxygen atoms in total. The molecule has 122 valence electrons. The highest BCUT2D eigenvalue weighted by Crippen LogP contribution is 2.31. The summed E-state index contributed by atoms with van der Waals surface area (Å²) in [6.45, 7) is 7.13. The maximum absolute atomic E-state index is 12.9. The third-order valence-electron chi connectivity index (χ3n) is 4.61. The summed E-state index contributed by atoms with van der Waals surface area (Å²) in [7, 11) is 1.65. The number of benzene rings is 1. The fraction of sp³-hybridized carbons (Fsp3) is 0.611. The summed E-state index contributed by atoms with van der Waals surface area (Å²) in [6.07, 6.45) is 1.06. The van der Waals surface area contributed by atoms with Crippen LogP contribution in [0.4, 0.5) is 0 Å². The molecule has 2 rings (SSSR count). The molecule has 1 aliphatic rings. The molecule has 1 N–H and O–H groups in total. The van der Waals surface area contributed by atoms with Gasteiger partial charge in [-0.3, -0.25) is 4.79 Å². The number of piperidine rings is 1. The van der Waals surface area contributed by atoms with E-state index in [0.29, 0.717) is 13.0 Å². The van der Waals surface area contributed by atoms with Crippen molar-refractivity contribution in [3.63, 3.8) is 0 Å². The van der Waals surface area contributed by atoms with E-state index >= 15 is 0 Å². The van der Waals surface area contributed by atoms with Crippen molar-refractivity contribution in [3.05, 3.63) is 29.8 Å². The Bertz CT molecular complexity index is 527. The smallest absolute Gasteiger partial charge is 0.228 e. The number of carbonyl (C=O) groups is 1. The van der Waals surface area contributed by atoms with Crippen LogP contribution < -0.4 is 4.74 Å². The highest BCUT2D eigenvalue weighted by atomic mass is 16.5. The maximum atomic E-state index is 12.9. The van der Waals surface area contributed by atoms with Crippen LogP contribution in [-0.2, 0) is 11.2 Å². The summed E-state index contributed by atoms with van der Waals surface area (Å²) >= 11 is 0. The van der Waals surface area contributed by atoms with Crippen molar-refractivity contribution in [2.24, 2.45) is 11.3 Å². The fourth-order valence-corrected chi connectivity index (χ4v) is 3.06. The summed E-state index contributed by atoms with van der Waals surface area (Å²) in [6, 6.07) is 7.81. The quantitative estimate of drug-likeness (QED) is 0.930. The van der Waals surface area contributed by atoms with Gasteiger partial charge >= 0.3 is 0 Å². The largest absolute Gasteiger partial charge is 0.496 e. The van der Waals surface area contributed by atoms with Crippen LogP contribution in [0.25, 0.3) is 0 Å². The third kappa shape index (κ3) is 3.61. The molecule has 0 spiro atoms. The standard InChI is InChI=1S/C18H27NO3/c1-13-9-10-19(12-15(13)20)17(21)18(2,3)11-14-7-5-6-8-16(14)22-4/h5-8,13,15,20H,9-12H2,1-4H3. The second kappa shape index (κ2) is 6.69. The number of carbonyl (C=O) groups excluding carboxylic acids is 1. The van der Waals surface area contributed by atoms with Crippen LogP contribution in [0, 0.1) is 11.3 Å². The van der Waals surface area contributed by atoms with Gasteiger partial charge in [0.05, 0.1) is 13.2 Å². The molecule has 1 aromatic rings. The van der Waals surface area contributed by atoms with E-state index in [-0.39, 0.29) is 11.8 Å². The Labute approximate surface area is 133 Å². The summed E-state index contributed by atoms with van der Waals surface area (Å²) in [5, 5.41) is 10.0. The van der Waals surface area contributed by atoms with Crippen LogP contribution in [0.15, 0.2) is 24.3 Å². The van der Waals surface area contributed by atoms with E-state index in [9.17, 15) is 9.90 Å². The van der Waals surface area contributed by atoms with Gasteiger partial charge in [-0.1, -0.05) is 39.0 Å². The van der Waals surface area contributed by atoms with Crippen molar-refractivity contribution in [2.45, 2.75) is 39.7 Å². The second-order valence-electron chi connectivity index (χ2n) is 6.96. The van der Waals surface area contributed by atoms with Crippen LogP contribution >= 0.6 is 0 Å². The van der Waals surface area contributed by atoms with Gasteiger partial charge in [0.1, 0.15) is 5.75 Å². The van der Waals surface area contributed by atoms with Crippen molar-refractivity contribution < 1.29 is 14.6 Å². The maximum Gasteiger partial charge on any atom is 0.228 e. The van der Waals surface area contributed by atoms with Crippen LogP contribution in [0.2, 0.25) is 0 Å². The molecule has 0 radical (unpaired) electrons. The van der Waals surface area contributed by atoms with Gasteiger partial charge in [-0.25, -0.2) is 0 Å². The van der Waals surface area contributed by atoms with Gasteiger partial charge in [0.25, 0.3) is 0 Å². The lowest BCUT2D eigenvalue weighted by Gasteiger charge is -2.38. The first kappa shape index (κ1) is 16.8. The minimum Gasteiger partial charge on any atom is -0.496 e. The predicted octanol–water partition coefficient (Wildman–Crippen LogP) is 2.49. The number of nitrogens with zero attached hydrogens (tertiary/aromatic N) is 1. The number of likely N-dealkylation sites (tertiary alicyclic amines) is 1.